The second kappa shape index (κ2) is 3.73. The first-order valence-electron chi connectivity index (χ1n) is 4.97. The van der Waals surface area contributed by atoms with Crippen molar-refractivity contribution in [1.82, 2.24) is 9.55 Å². The summed E-state index contributed by atoms with van der Waals surface area (Å²) in [7, 11) is 0. The Hall–Kier alpha value is -0.830. The van der Waals surface area contributed by atoms with Gasteiger partial charge in [0, 0.05) is 19.0 Å². The van der Waals surface area contributed by atoms with E-state index in [1.807, 2.05) is 6.92 Å². The lowest BCUT2D eigenvalue weighted by atomic mass is 10.3. The molecule has 2 rings (SSSR count). The van der Waals surface area contributed by atoms with E-state index in [-0.39, 0.29) is 5.56 Å². The number of hydrogen-bond donors (Lipinski definition) is 0. The van der Waals surface area contributed by atoms with Gasteiger partial charge in [-0.05, 0) is 18.8 Å². The maximum atomic E-state index is 11.6. The minimum atomic E-state index is -0.0197. The van der Waals surface area contributed by atoms with E-state index in [0.29, 0.717) is 11.1 Å². The number of nitrogens with zero attached hydrogens (tertiary/aromatic N) is 2. The van der Waals surface area contributed by atoms with E-state index in [0.717, 1.165) is 18.8 Å². The zero-order valence-electron chi connectivity index (χ0n) is 8.16. The highest BCUT2D eigenvalue weighted by molar-refractivity contribution is 6.29. The van der Waals surface area contributed by atoms with Crippen LogP contribution in [0.25, 0.3) is 0 Å². The molecule has 3 nitrogen and oxygen atoms in total. The lowest BCUT2D eigenvalue weighted by Crippen LogP contribution is -2.25. The van der Waals surface area contributed by atoms with E-state index in [1.54, 1.807) is 4.57 Å². The van der Waals surface area contributed by atoms with Gasteiger partial charge in [-0.25, -0.2) is 4.98 Å². The maximum absolute atomic E-state index is 11.6. The molecule has 0 spiro atoms. The van der Waals surface area contributed by atoms with Crippen molar-refractivity contribution in [2.24, 2.45) is 5.92 Å². The quantitative estimate of drug-likeness (QED) is 0.717. The summed E-state index contributed by atoms with van der Waals surface area (Å²) in [6, 6.07) is 1.39. The molecule has 14 heavy (non-hydrogen) atoms. The van der Waals surface area contributed by atoms with Crippen LogP contribution in [-0.4, -0.2) is 9.55 Å². The Labute approximate surface area is 87.7 Å². The Bertz CT molecular complexity index is 396. The number of rotatable bonds is 3. The van der Waals surface area contributed by atoms with Crippen LogP contribution in [0, 0.1) is 5.92 Å². The Balaban J connectivity index is 2.38. The van der Waals surface area contributed by atoms with Crippen LogP contribution in [0.5, 0.6) is 0 Å². The Morgan fingerprint density at radius 3 is 2.93 bits per heavy atom. The topological polar surface area (TPSA) is 34.9 Å². The summed E-state index contributed by atoms with van der Waals surface area (Å²) < 4.78 is 1.75. The molecule has 0 aromatic carbocycles. The lowest BCUT2D eigenvalue weighted by molar-refractivity contribution is 0.565. The highest BCUT2D eigenvalue weighted by Crippen LogP contribution is 2.30. The standard InChI is InChI=1S/C10H13ClN2O/c1-2-9-12-8(11)5-10(14)13(9)6-7-3-4-7/h5,7H,2-4,6H2,1H3. The van der Waals surface area contributed by atoms with Crippen molar-refractivity contribution in [3.05, 3.63) is 27.4 Å². The van der Waals surface area contributed by atoms with Gasteiger partial charge in [0.1, 0.15) is 11.0 Å². The summed E-state index contributed by atoms with van der Waals surface area (Å²) in [5.74, 6) is 1.48. The van der Waals surface area contributed by atoms with Gasteiger partial charge < -0.3 is 0 Å². The van der Waals surface area contributed by atoms with Crippen molar-refractivity contribution in [1.29, 1.82) is 0 Å². The third-order valence-electron chi connectivity index (χ3n) is 2.51. The summed E-state index contributed by atoms with van der Waals surface area (Å²) in [5.41, 5.74) is -0.0197. The average Bonchev–Trinajstić information content (AvgIpc) is 2.93. The molecule has 1 aliphatic carbocycles. The average molecular weight is 213 g/mol. The molecule has 0 unspecified atom stereocenters. The van der Waals surface area contributed by atoms with E-state index in [4.69, 9.17) is 11.6 Å². The second-order valence-electron chi connectivity index (χ2n) is 3.74. The zero-order chi connectivity index (χ0) is 10.1. The lowest BCUT2D eigenvalue weighted by Gasteiger charge is -2.09. The van der Waals surface area contributed by atoms with Gasteiger partial charge in [0.15, 0.2) is 0 Å². The van der Waals surface area contributed by atoms with Gasteiger partial charge in [0.25, 0.3) is 5.56 Å². The largest absolute Gasteiger partial charge is 0.296 e. The first-order chi connectivity index (χ1) is 6.70. The fourth-order valence-electron chi connectivity index (χ4n) is 1.55. The molecule has 0 radical (unpaired) electrons. The van der Waals surface area contributed by atoms with Gasteiger partial charge in [0.05, 0.1) is 0 Å². The molecule has 0 amide bonds. The summed E-state index contributed by atoms with van der Waals surface area (Å²) in [4.78, 5) is 15.8. The Morgan fingerprint density at radius 1 is 1.64 bits per heavy atom. The predicted octanol–water partition coefficient (Wildman–Crippen LogP) is 1.87. The molecule has 0 atom stereocenters. The molecule has 4 heteroatoms. The van der Waals surface area contributed by atoms with Crippen molar-refractivity contribution in [3.63, 3.8) is 0 Å². The van der Waals surface area contributed by atoms with Crippen LogP contribution in [0.2, 0.25) is 5.15 Å². The molecule has 1 aromatic heterocycles. The molecule has 1 aliphatic rings. The fraction of sp³-hybridized carbons (Fsp3) is 0.600. The molecule has 0 bridgehead atoms. The zero-order valence-corrected chi connectivity index (χ0v) is 8.92. The molecule has 1 aromatic rings. The van der Waals surface area contributed by atoms with E-state index in [9.17, 15) is 4.79 Å². The minimum absolute atomic E-state index is 0.0197. The molecule has 1 heterocycles. The van der Waals surface area contributed by atoms with Gasteiger partial charge in [-0.15, -0.1) is 0 Å². The minimum Gasteiger partial charge on any atom is -0.296 e. The van der Waals surface area contributed by atoms with Crippen molar-refractivity contribution < 1.29 is 0 Å². The van der Waals surface area contributed by atoms with Crippen LogP contribution in [0.15, 0.2) is 10.9 Å². The third kappa shape index (κ3) is 1.98. The normalized spacial score (nSPS) is 15.9. The van der Waals surface area contributed by atoms with Gasteiger partial charge in [-0.2, -0.15) is 0 Å². The summed E-state index contributed by atoms with van der Waals surface area (Å²) in [6.07, 6.45) is 3.22. The highest BCUT2D eigenvalue weighted by atomic mass is 35.5. The van der Waals surface area contributed by atoms with E-state index < -0.39 is 0 Å². The molecule has 0 saturated heterocycles. The highest BCUT2D eigenvalue weighted by Gasteiger charge is 2.23. The Kier molecular flexibility index (Phi) is 2.59. The molecular formula is C10H13ClN2O. The maximum Gasteiger partial charge on any atom is 0.254 e. The van der Waals surface area contributed by atoms with Crippen LogP contribution in [0.4, 0.5) is 0 Å². The van der Waals surface area contributed by atoms with Gasteiger partial charge in [0.2, 0.25) is 0 Å². The predicted molar refractivity (Wildman–Crippen MR) is 55.6 cm³/mol. The number of aromatic nitrogens is 2. The van der Waals surface area contributed by atoms with Crippen LogP contribution >= 0.6 is 11.6 Å². The van der Waals surface area contributed by atoms with Gasteiger partial charge in [-0.1, -0.05) is 18.5 Å². The van der Waals surface area contributed by atoms with Crippen LogP contribution in [0.1, 0.15) is 25.6 Å². The SMILES string of the molecule is CCc1nc(Cl)cc(=O)n1CC1CC1. The molecule has 76 valence electrons. The van der Waals surface area contributed by atoms with Gasteiger partial charge >= 0.3 is 0 Å². The third-order valence-corrected chi connectivity index (χ3v) is 2.70. The first-order valence-corrected chi connectivity index (χ1v) is 5.34. The number of halogens is 1. The monoisotopic (exact) mass is 212 g/mol. The van der Waals surface area contributed by atoms with Crippen LogP contribution in [0.3, 0.4) is 0 Å². The van der Waals surface area contributed by atoms with E-state index in [2.05, 4.69) is 4.98 Å². The van der Waals surface area contributed by atoms with Crippen LogP contribution in [-0.2, 0) is 13.0 Å². The van der Waals surface area contributed by atoms with Crippen molar-refractivity contribution >= 4 is 11.6 Å². The van der Waals surface area contributed by atoms with Gasteiger partial charge in [-0.3, -0.25) is 9.36 Å². The summed E-state index contributed by atoms with van der Waals surface area (Å²) in [6.45, 7) is 2.80. The second-order valence-corrected chi connectivity index (χ2v) is 4.13. The number of hydrogen-bond acceptors (Lipinski definition) is 2. The van der Waals surface area contributed by atoms with Crippen LogP contribution < -0.4 is 5.56 Å². The number of aryl methyl sites for hydroxylation is 1. The Morgan fingerprint density at radius 2 is 2.36 bits per heavy atom. The molecular weight excluding hydrogens is 200 g/mol. The molecule has 0 N–H and O–H groups in total. The molecule has 1 saturated carbocycles. The fourth-order valence-corrected chi connectivity index (χ4v) is 1.74. The van der Waals surface area contributed by atoms with Crippen molar-refractivity contribution in [2.45, 2.75) is 32.7 Å². The van der Waals surface area contributed by atoms with Crippen molar-refractivity contribution in [3.8, 4) is 0 Å². The summed E-state index contributed by atoms with van der Waals surface area (Å²) >= 11 is 5.73. The smallest absolute Gasteiger partial charge is 0.254 e. The van der Waals surface area contributed by atoms with Crippen molar-refractivity contribution in [2.75, 3.05) is 0 Å². The van der Waals surface area contributed by atoms with E-state index >= 15 is 0 Å². The van der Waals surface area contributed by atoms with E-state index in [1.165, 1.54) is 18.9 Å². The molecule has 1 fully saturated rings. The molecule has 0 aliphatic heterocycles. The summed E-state index contributed by atoms with van der Waals surface area (Å²) in [5, 5.41) is 0.305. The first kappa shape index (κ1) is 9.71.